The second-order valence-electron chi connectivity index (χ2n) is 4.84. The lowest BCUT2D eigenvalue weighted by Gasteiger charge is -2.37. The Bertz CT molecular complexity index is 427. The van der Waals surface area contributed by atoms with Crippen LogP contribution < -0.4 is 14.8 Å². The second kappa shape index (κ2) is 3.89. The maximum absolute atomic E-state index is 10.2. The van der Waals surface area contributed by atoms with Gasteiger partial charge in [0.15, 0.2) is 0 Å². The minimum absolute atomic E-state index is 0.237. The molecule has 3 rings (SSSR count). The molecule has 2 aliphatic rings. The van der Waals surface area contributed by atoms with Crippen molar-refractivity contribution in [2.45, 2.75) is 24.5 Å². The van der Waals surface area contributed by atoms with Crippen molar-refractivity contribution in [3.63, 3.8) is 0 Å². The number of hydrogen-bond donors (Lipinski definition) is 2. The van der Waals surface area contributed by atoms with Crippen LogP contribution in [0.4, 0.5) is 0 Å². The number of nitrogens with one attached hydrogen (secondary N) is 1. The molecule has 1 aromatic carbocycles. The van der Waals surface area contributed by atoms with E-state index in [-0.39, 0.29) is 5.60 Å². The zero-order chi connectivity index (χ0) is 11.9. The monoisotopic (exact) mass is 235 g/mol. The molecule has 1 fully saturated rings. The van der Waals surface area contributed by atoms with Gasteiger partial charge in [0.25, 0.3) is 0 Å². The third-order valence-electron chi connectivity index (χ3n) is 3.68. The molecule has 0 amide bonds. The summed E-state index contributed by atoms with van der Waals surface area (Å²) >= 11 is 0. The Kier molecular flexibility index (Phi) is 2.49. The fourth-order valence-electron chi connectivity index (χ4n) is 2.72. The van der Waals surface area contributed by atoms with Gasteiger partial charge < -0.3 is 19.9 Å². The lowest BCUT2D eigenvalue weighted by Crippen LogP contribution is -2.42. The molecule has 1 aromatic rings. The number of aliphatic hydroxyl groups is 1. The Hall–Kier alpha value is -1.26. The van der Waals surface area contributed by atoms with Crippen LogP contribution in [0.5, 0.6) is 11.5 Å². The summed E-state index contributed by atoms with van der Waals surface area (Å²) in [7, 11) is 1.63. The molecule has 0 bridgehead atoms. The van der Waals surface area contributed by atoms with Crippen LogP contribution in [0.25, 0.3) is 0 Å². The summed E-state index contributed by atoms with van der Waals surface area (Å²) < 4.78 is 11.3. The highest BCUT2D eigenvalue weighted by Gasteiger charge is 2.42. The maximum atomic E-state index is 10.2. The first-order valence-electron chi connectivity index (χ1n) is 5.98. The molecule has 4 heteroatoms. The van der Waals surface area contributed by atoms with Gasteiger partial charge in [-0.15, -0.1) is 0 Å². The molecule has 0 aromatic heterocycles. The summed E-state index contributed by atoms with van der Waals surface area (Å²) in [5, 5.41) is 13.5. The van der Waals surface area contributed by atoms with Gasteiger partial charge in [-0.2, -0.15) is 0 Å². The predicted molar refractivity (Wildman–Crippen MR) is 63.4 cm³/mol. The van der Waals surface area contributed by atoms with E-state index in [0.717, 1.165) is 36.6 Å². The molecular formula is C13H17NO3. The molecule has 2 heterocycles. The highest BCUT2D eigenvalue weighted by atomic mass is 16.5. The molecule has 0 aliphatic carbocycles. The van der Waals surface area contributed by atoms with Crippen LogP contribution >= 0.6 is 0 Å². The van der Waals surface area contributed by atoms with Crippen LogP contribution in [0.15, 0.2) is 18.2 Å². The average Bonchev–Trinajstić information content (AvgIpc) is 2.76. The molecular weight excluding hydrogens is 218 g/mol. The van der Waals surface area contributed by atoms with E-state index in [4.69, 9.17) is 9.47 Å². The van der Waals surface area contributed by atoms with E-state index in [2.05, 4.69) is 5.32 Å². The number of fused-ring (bicyclic) bond motifs is 1. The summed E-state index contributed by atoms with van der Waals surface area (Å²) in [6.45, 7) is 1.76. The largest absolute Gasteiger partial charge is 0.497 e. The van der Waals surface area contributed by atoms with E-state index in [1.54, 1.807) is 7.11 Å². The Morgan fingerprint density at radius 3 is 3.12 bits per heavy atom. The van der Waals surface area contributed by atoms with Crippen molar-refractivity contribution in [3.8, 4) is 11.5 Å². The summed E-state index contributed by atoms with van der Waals surface area (Å²) in [5.74, 6) is 1.52. The van der Waals surface area contributed by atoms with Gasteiger partial charge >= 0.3 is 0 Å². The lowest BCUT2D eigenvalue weighted by atomic mass is 9.88. The van der Waals surface area contributed by atoms with Crippen molar-refractivity contribution in [1.29, 1.82) is 0 Å². The van der Waals surface area contributed by atoms with Gasteiger partial charge in [0.2, 0.25) is 0 Å². The van der Waals surface area contributed by atoms with Crippen LogP contribution in [0.2, 0.25) is 0 Å². The first-order valence-corrected chi connectivity index (χ1v) is 5.98. The summed E-state index contributed by atoms with van der Waals surface area (Å²) in [6.07, 6.45) is 1.17. The second-order valence-corrected chi connectivity index (χ2v) is 4.84. The van der Waals surface area contributed by atoms with Crippen molar-refractivity contribution < 1.29 is 14.6 Å². The van der Waals surface area contributed by atoms with Crippen LogP contribution in [0.3, 0.4) is 0 Å². The SMILES string of the molecule is COc1ccc2c(c1)OC1(CCNC1)CC2O. The third-order valence-corrected chi connectivity index (χ3v) is 3.68. The van der Waals surface area contributed by atoms with Crippen LogP contribution in [-0.2, 0) is 0 Å². The third kappa shape index (κ3) is 1.77. The number of ether oxygens (including phenoxy) is 2. The lowest BCUT2D eigenvalue weighted by molar-refractivity contribution is -0.000463. The zero-order valence-electron chi connectivity index (χ0n) is 9.90. The standard InChI is InChI=1S/C13H17NO3/c1-16-9-2-3-10-11(15)7-13(4-5-14-8-13)17-12(10)6-9/h2-3,6,11,14-15H,4-5,7-8H2,1H3. The molecule has 0 radical (unpaired) electrons. The average molecular weight is 235 g/mol. The molecule has 0 saturated carbocycles. The van der Waals surface area contributed by atoms with Gasteiger partial charge in [-0.1, -0.05) is 0 Å². The van der Waals surface area contributed by atoms with E-state index in [0.29, 0.717) is 6.42 Å². The first-order chi connectivity index (χ1) is 8.22. The molecule has 4 nitrogen and oxygen atoms in total. The first kappa shape index (κ1) is 10.9. The van der Waals surface area contributed by atoms with E-state index in [9.17, 15) is 5.11 Å². The van der Waals surface area contributed by atoms with E-state index in [1.165, 1.54) is 0 Å². The van der Waals surface area contributed by atoms with Gasteiger partial charge in [0.05, 0.1) is 13.2 Å². The van der Waals surface area contributed by atoms with Crippen molar-refractivity contribution in [2.24, 2.45) is 0 Å². The van der Waals surface area contributed by atoms with E-state index in [1.807, 2.05) is 18.2 Å². The van der Waals surface area contributed by atoms with E-state index < -0.39 is 6.10 Å². The Labute approximate surface area is 101 Å². The molecule has 2 N–H and O–H groups in total. The molecule has 2 unspecified atom stereocenters. The minimum atomic E-state index is -0.440. The topological polar surface area (TPSA) is 50.7 Å². The normalized spacial score (nSPS) is 31.1. The van der Waals surface area contributed by atoms with Crippen LogP contribution in [0.1, 0.15) is 24.5 Å². The molecule has 2 aliphatic heterocycles. The van der Waals surface area contributed by atoms with Crippen molar-refractivity contribution >= 4 is 0 Å². The quantitative estimate of drug-likeness (QED) is 0.769. The molecule has 17 heavy (non-hydrogen) atoms. The highest BCUT2D eigenvalue weighted by Crippen LogP contribution is 2.43. The molecule has 1 saturated heterocycles. The number of benzene rings is 1. The molecule has 1 spiro atoms. The Morgan fingerprint density at radius 1 is 1.53 bits per heavy atom. The van der Waals surface area contributed by atoms with E-state index >= 15 is 0 Å². The fourth-order valence-corrected chi connectivity index (χ4v) is 2.72. The Morgan fingerprint density at radius 2 is 2.41 bits per heavy atom. The van der Waals surface area contributed by atoms with Gasteiger partial charge in [-0.05, 0) is 18.7 Å². The van der Waals surface area contributed by atoms with Gasteiger partial charge in [0, 0.05) is 31.0 Å². The van der Waals surface area contributed by atoms with Gasteiger partial charge in [-0.3, -0.25) is 0 Å². The predicted octanol–water partition coefficient (Wildman–Crippen LogP) is 1.24. The van der Waals surface area contributed by atoms with Crippen molar-refractivity contribution in [3.05, 3.63) is 23.8 Å². The number of methoxy groups -OCH3 is 1. The van der Waals surface area contributed by atoms with Crippen LogP contribution in [-0.4, -0.2) is 30.9 Å². The Balaban J connectivity index is 1.97. The number of hydrogen-bond acceptors (Lipinski definition) is 4. The summed E-state index contributed by atoms with van der Waals surface area (Å²) in [5.41, 5.74) is 0.627. The smallest absolute Gasteiger partial charge is 0.129 e. The highest BCUT2D eigenvalue weighted by molar-refractivity contribution is 5.44. The molecule has 2 atom stereocenters. The number of rotatable bonds is 1. The summed E-state index contributed by atoms with van der Waals surface area (Å²) in [4.78, 5) is 0. The zero-order valence-corrected chi connectivity index (χ0v) is 9.90. The summed E-state index contributed by atoms with van der Waals surface area (Å²) in [6, 6.07) is 5.60. The minimum Gasteiger partial charge on any atom is -0.497 e. The van der Waals surface area contributed by atoms with Crippen LogP contribution in [0, 0.1) is 0 Å². The van der Waals surface area contributed by atoms with Crippen molar-refractivity contribution in [2.75, 3.05) is 20.2 Å². The fraction of sp³-hybridized carbons (Fsp3) is 0.538. The molecule has 92 valence electrons. The maximum Gasteiger partial charge on any atom is 0.129 e. The number of aliphatic hydroxyl groups excluding tert-OH is 1. The van der Waals surface area contributed by atoms with Crippen molar-refractivity contribution in [1.82, 2.24) is 5.32 Å². The van der Waals surface area contributed by atoms with Gasteiger partial charge in [-0.25, -0.2) is 0 Å². The van der Waals surface area contributed by atoms with Gasteiger partial charge in [0.1, 0.15) is 17.1 Å².